The van der Waals surface area contributed by atoms with Crippen LogP contribution >= 0.6 is 46.9 Å². The minimum Gasteiger partial charge on any atom is -0.272 e. The molecule has 1 saturated heterocycles. The second-order valence-corrected chi connectivity index (χ2v) is 8.13. The number of imide groups is 1. The molecule has 1 aromatic carbocycles. The molecule has 0 atom stereocenters. The summed E-state index contributed by atoms with van der Waals surface area (Å²) in [5.41, 5.74) is -4.39. The molecule has 4 nitrogen and oxygen atoms in total. The largest absolute Gasteiger partial charge is 0.446 e. The van der Waals surface area contributed by atoms with Crippen LogP contribution in [-0.2, 0) is 4.79 Å². The van der Waals surface area contributed by atoms with E-state index in [1.165, 1.54) is 12.1 Å². The van der Waals surface area contributed by atoms with Gasteiger partial charge in [-0.2, -0.15) is 17.6 Å². The average Bonchev–Trinajstić information content (AvgIpc) is 2.62. The lowest BCUT2D eigenvalue weighted by Gasteiger charge is -2.18. The first-order valence-corrected chi connectivity index (χ1v) is 8.07. The highest BCUT2D eigenvalue weighted by atomic mass is 35.5. The van der Waals surface area contributed by atoms with Crippen molar-refractivity contribution in [3.05, 3.63) is 24.3 Å². The molecule has 1 fully saturated rings. The van der Waals surface area contributed by atoms with Crippen LogP contribution in [-0.4, -0.2) is 32.2 Å². The van der Waals surface area contributed by atoms with E-state index >= 15 is 0 Å². The number of halogens is 6. The van der Waals surface area contributed by atoms with Gasteiger partial charge >= 0.3 is 15.5 Å². The Morgan fingerprint density at radius 3 is 2.09 bits per heavy atom. The molecule has 0 aliphatic carbocycles. The van der Waals surface area contributed by atoms with Gasteiger partial charge in [-0.1, -0.05) is 23.2 Å². The van der Waals surface area contributed by atoms with Gasteiger partial charge in [0.25, 0.3) is 5.91 Å². The van der Waals surface area contributed by atoms with Crippen LogP contribution in [0.15, 0.2) is 29.2 Å². The number of hydrogen-bond donors (Lipinski definition) is 0. The van der Waals surface area contributed by atoms with Gasteiger partial charge in [0.1, 0.15) is 6.54 Å². The number of rotatable bonds is 4. The van der Waals surface area contributed by atoms with Crippen molar-refractivity contribution < 1.29 is 27.2 Å². The molecule has 0 bridgehead atoms. The van der Waals surface area contributed by atoms with Crippen LogP contribution in [0, 0.1) is 0 Å². The summed E-state index contributed by atoms with van der Waals surface area (Å²) in [5.74, 6) is -0.684. The molecular formula is C11H6Cl2F4N2O2S2. The summed E-state index contributed by atoms with van der Waals surface area (Å²) in [6.07, 6.45) is 0. The van der Waals surface area contributed by atoms with Crippen LogP contribution in [0.25, 0.3) is 0 Å². The molecule has 23 heavy (non-hydrogen) atoms. The maximum absolute atomic E-state index is 13.1. The van der Waals surface area contributed by atoms with Crippen molar-refractivity contribution in [1.82, 2.24) is 4.31 Å². The summed E-state index contributed by atoms with van der Waals surface area (Å²) in [6.45, 7) is -0.465. The summed E-state index contributed by atoms with van der Waals surface area (Å²) < 4.78 is 47.8. The van der Waals surface area contributed by atoms with E-state index in [9.17, 15) is 27.2 Å². The fourth-order valence-electron chi connectivity index (χ4n) is 1.73. The molecule has 0 spiro atoms. The number of urea groups is 1. The fourth-order valence-corrected chi connectivity index (χ4v) is 3.35. The summed E-state index contributed by atoms with van der Waals surface area (Å²) in [6, 6.07) is 3.71. The quantitative estimate of drug-likeness (QED) is 0.236. The van der Waals surface area contributed by atoms with Crippen LogP contribution in [0.5, 0.6) is 0 Å². The van der Waals surface area contributed by atoms with E-state index in [0.717, 1.165) is 16.4 Å². The SMILES string of the molecule is O=C1CN(SC(F)(Cl)Cl)C(=O)N1c1ccc(SC(F)(F)F)cc1. The minimum atomic E-state index is -4.45. The minimum absolute atomic E-state index is 0.0585. The number of carbonyl (C=O) groups excluding carboxylic acids is 2. The zero-order chi connectivity index (χ0) is 17.4. The van der Waals surface area contributed by atoms with Crippen molar-refractivity contribution in [3.8, 4) is 0 Å². The topological polar surface area (TPSA) is 40.6 Å². The van der Waals surface area contributed by atoms with Crippen molar-refractivity contribution in [2.75, 3.05) is 11.4 Å². The Labute approximate surface area is 146 Å². The molecular weight excluding hydrogens is 403 g/mol. The lowest BCUT2D eigenvalue weighted by Crippen LogP contribution is -2.31. The van der Waals surface area contributed by atoms with E-state index in [0.29, 0.717) is 4.90 Å². The van der Waals surface area contributed by atoms with Crippen LogP contribution < -0.4 is 4.90 Å². The Bertz CT molecular complexity index is 622. The number of alkyl halides is 6. The summed E-state index contributed by atoms with van der Waals surface area (Å²) >= 11 is 10.1. The molecule has 0 radical (unpaired) electrons. The van der Waals surface area contributed by atoms with Crippen molar-refractivity contribution in [2.45, 2.75) is 14.3 Å². The highest BCUT2D eigenvalue weighted by Crippen LogP contribution is 2.41. The van der Waals surface area contributed by atoms with E-state index in [-0.39, 0.29) is 34.3 Å². The van der Waals surface area contributed by atoms with Gasteiger partial charge in [0.05, 0.1) is 5.69 Å². The second kappa shape index (κ2) is 6.58. The third-order valence-electron chi connectivity index (χ3n) is 2.48. The lowest BCUT2D eigenvalue weighted by molar-refractivity contribution is -0.116. The standard InChI is InChI=1S/C11H6Cl2F4N2O2S2/c12-10(13,14)23-18-5-8(20)19(9(18)21)6-1-3-7(4-2-6)22-11(15,16)17/h1-4H,5H2. The van der Waals surface area contributed by atoms with Gasteiger partial charge in [-0.3, -0.25) is 9.10 Å². The van der Waals surface area contributed by atoms with Gasteiger partial charge in [-0.05, 0) is 36.0 Å². The predicted octanol–water partition coefficient (Wildman–Crippen LogP) is 4.77. The van der Waals surface area contributed by atoms with E-state index in [1.807, 2.05) is 0 Å². The molecule has 12 heteroatoms. The van der Waals surface area contributed by atoms with Gasteiger partial charge in [-0.25, -0.2) is 9.69 Å². The molecule has 1 aliphatic rings. The molecule has 0 aromatic heterocycles. The molecule has 0 unspecified atom stereocenters. The predicted molar refractivity (Wildman–Crippen MR) is 81.1 cm³/mol. The molecule has 1 aromatic rings. The van der Waals surface area contributed by atoms with Crippen LogP contribution in [0.2, 0.25) is 0 Å². The van der Waals surface area contributed by atoms with E-state index in [4.69, 9.17) is 23.2 Å². The van der Waals surface area contributed by atoms with Gasteiger partial charge in [0.2, 0.25) is 0 Å². The second-order valence-electron chi connectivity index (χ2n) is 4.13. The van der Waals surface area contributed by atoms with E-state index in [1.54, 1.807) is 0 Å². The number of nitrogens with zero attached hydrogens (tertiary/aromatic N) is 2. The third kappa shape index (κ3) is 5.07. The maximum Gasteiger partial charge on any atom is 0.446 e. The Morgan fingerprint density at radius 1 is 1.04 bits per heavy atom. The molecule has 2 rings (SSSR count). The van der Waals surface area contributed by atoms with Gasteiger partial charge in [0.15, 0.2) is 0 Å². The summed E-state index contributed by atoms with van der Waals surface area (Å²) in [7, 11) is 0. The maximum atomic E-state index is 13.1. The van der Waals surface area contributed by atoms with E-state index in [2.05, 4.69) is 0 Å². The van der Waals surface area contributed by atoms with Crippen molar-refractivity contribution in [1.29, 1.82) is 0 Å². The summed E-state index contributed by atoms with van der Waals surface area (Å²) in [4.78, 5) is 24.5. The highest BCUT2D eigenvalue weighted by molar-refractivity contribution is 8.01. The van der Waals surface area contributed by atoms with Crippen LogP contribution in [0.4, 0.5) is 28.0 Å². The molecule has 0 saturated carbocycles. The first-order valence-electron chi connectivity index (χ1n) is 5.72. The number of benzene rings is 1. The summed E-state index contributed by atoms with van der Waals surface area (Å²) in [5, 5.41) is 0. The van der Waals surface area contributed by atoms with Crippen LogP contribution in [0.1, 0.15) is 0 Å². The molecule has 1 heterocycles. The first-order chi connectivity index (χ1) is 10.5. The number of carbonyl (C=O) groups is 2. The fraction of sp³-hybridized carbons (Fsp3) is 0.273. The van der Waals surface area contributed by atoms with Gasteiger partial charge in [0, 0.05) is 16.8 Å². The zero-order valence-corrected chi connectivity index (χ0v) is 14.0. The number of hydrogen-bond acceptors (Lipinski definition) is 4. The smallest absolute Gasteiger partial charge is 0.272 e. The number of thioether (sulfide) groups is 1. The molecule has 0 N–H and O–H groups in total. The Kier molecular flexibility index (Phi) is 5.29. The van der Waals surface area contributed by atoms with Gasteiger partial charge < -0.3 is 0 Å². The van der Waals surface area contributed by atoms with Gasteiger partial charge in [-0.15, -0.1) is 0 Å². The normalized spacial score (nSPS) is 16.4. The third-order valence-corrected chi connectivity index (χ3v) is 4.34. The van der Waals surface area contributed by atoms with Crippen molar-refractivity contribution in [3.63, 3.8) is 0 Å². The Balaban J connectivity index is 2.15. The zero-order valence-electron chi connectivity index (χ0n) is 10.8. The Morgan fingerprint density at radius 2 is 1.61 bits per heavy atom. The van der Waals surface area contributed by atoms with Crippen molar-refractivity contribution in [2.24, 2.45) is 0 Å². The monoisotopic (exact) mass is 408 g/mol. The number of anilines is 1. The molecule has 3 amide bonds. The van der Waals surface area contributed by atoms with Crippen LogP contribution in [0.3, 0.4) is 0 Å². The Hall–Kier alpha value is -0.840. The lowest BCUT2D eigenvalue weighted by atomic mass is 10.3. The number of amides is 3. The molecule has 126 valence electrons. The average molecular weight is 409 g/mol. The van der Waals surface area contributed by atoms with Crippen molar-refractivity contribution >= 4 is 64.5 Å². The van der Waals surface area contributed by atoms with E-state index < -0.39 is 27.9 Å². The highest BCUT2D eigenvalue weighted by Gasteiger charge is 2.42. The first kappa shape index (κ1) is 18.5. The molecule has 1 aliphatic heterocycles.